The Morgan fingerprint density at radius 1 is 1.12 bits per heavy atom. The summed E-state index contributed by atoms with van der Waals surface area (Å²) in [5.41, 5.74) is 1.24. The second-order valence-electron chi connectivity index (χ2n) is 6.36. The van der Waals surface area contributed by atoms with Crippen LogP contribution in [-0.2, 0) is 6.42 Å². The number of rotatable bonds is 8. The molecule has 5 heteroatoms. The topological polar surface area (TPSA) is 59.9 Å². The number of aliphatic imine (C=N–C) groups is 1. The fourth-order valence-electron chi connectivity index (χ4n) is 2.99. The fraction of sp³-hybridized carbons (Fsp3) is 0.632. The summed E-state index contributed by atoms with van der Waals surface area (Å²) in [6, 6.07) is 7.43. The molecule has 5 nitrogen and oxygen atoms in total. The SMILES string of the molecule is CCNC(=NCCCc1ccc(O)cc1)NCCN1CCCCC1. The molecule has 0 aliphatic carbocycles. The summed E-state index contributed by atoms with van der Waals surface area (Å²) in [6.07, 6.45) is 6.05. The second kappa shape index (κ2) is 10.9. The lowest BCUT2D eigenvalue weighted by molar-refractivity contribution is 0.232. The van der Waals surface area contributed by atoms with Gasteiger partial charge in [0.2, 0.25) is 0 Å². The molecule has 24 heavy (non-hydrogen) atoms. The molecule has 0 bridgehead atoms. The van der Waals surface area contributed by atoms with Crippen LogP contribution in [0, 0.1) is 0 Å². The highest BCUT2D eigenvalue weighted by atomic mass is 16.3. The Kier molecular flexibility index (Phi) is 8.46. The molecule has 3 N–H and O–H groups in total. The van der Waals surface area contributed by atoms with Crippen molar-refractivity contribution in [1.29, 1.82) is 0 Å². The van der Waals surface area contributed by atoms with E-state index in [1.165, 1.54) is 37.9 Å². The van der Waals surface area contributed by atoms with Gasteiger partial charge in [-0.2, -0.15) is 0 Å². The van der Waals surface area contributed by atoms with Crippen LogP contribution in [0.3, 0.4) is 0 Å². The maximum absolute atomic E-state index is 9.29. The minimum Gasteiger partial charge on any atom is -0.508 e. The molecule has 1 fully saturated rings. The third-order valence-corrected chi connectivity index (χ3v) is 4.34. The highest BCUT2D eigenvalue weighted by molar-refractivity contribution is 5.79. The van der Waals surface area contributed by atoms with E-state index in [1.807, 2.05) is 12.1 Å². The van der Waals surface area contributed by atoms with Gasteiger partial charge in [-0.05, 0) is 63.4 Å². The van der Waals surface area contributed by atoms with Gasteiger partial charge in [-0.3, -0.25) is 4.99 Å². The number of benzene rings is 1. The van der Waals surface area contributed by atoms with Crippen LogP contribution < -0.4 is 10.6 Å². The van der Waals surface area contributed by atoms with E-state index in [2.05, 4.69) is 27.4 Å². The van der Waals surface area contributed by atoms with Crippen LogP contribution in [0.5, 0.6) is 5.75 Å². The standard InChI is InChI=1S/C19H32N4O/c1-2-20-19(22-13-16-23-14-4-3-5-15-23)21-12-6-7-17-8-10-18(24)11-9-17/h8-11,24H,2-7,12-16H2,1H3,(H2,20,21,22). The Morgan fingerprint density at radius 3 is 2.58 bits per heavy atom. The number of guanidine groups is 1. The third kappa shape index (κ3) is 7.21. The third-order valence-electron chi connectivity index (χ3n) is 4.34. The number of phenolic OH excluding ortho intramolecular Hbond substituents is 1. The summed E-state index contributed by atoms with van der Waals surface area (Å²) in [4.78, 5) is 7.19. The lowest BCUT2D eigenvalue weighted by Crippen LogP contribution is -2.42. The van der Waals surface area contributed by atoms with Crippen molar-refractivity contribution < 1.29 is 5.11 Å². The van der Waals surface area contributed by atoms with Crippen molar-refractivity contribution in [3.63, 3.8) is 0 Å². The van der Waals surface area contributed by atoms with Crippen molar-refractivity contribution >= 4 is 5.96 Å². The molecule has 1 aliphatic heterocycles. The zero-order valence-corrected chi connectivity index (χ0v) is 14.9. The molecule has 1 aromatic rings. The zero-order chi connectivity index (χ0) is 17.0. The molecule has 0 amide bonds. The molecule has 0 radical (unpaired) electrons. The van der Waals surface area contributed by atoms with Crippen LogP contribution in [0.15, 0.2) is 29.3 Å². The number of phenols is 1. The molecular weight excluding hydrogens is 300 g/mol. The largest absolute Gasteiger partial charge is 0.508 e. The summed E-state index contributed by atoms with van der Waals surface area (Å²) in [7, 11) is 0. The molecule has 1 saturated heterocycles. The van der Waals surface area contributed by atoms with E-state index < -0.39 is 0 Å². The van der Waals surface area contributed by atoms with Gasteiger partial charge >= 0.3 is 0 Å². The Balaban J connectivity index is 1.66. The predicted octanol–water partition coefficient (Wildman–Crippen LogP) is 2.37. The number of nitrogens with zero attached hydrogens (tertiary/aromatic N) is 2. The van der Waals surface area contributed by atoms with Gasteiger partial charge < -0.3 is 20.6 Å². The molecular formula is C19H32N4O. The quantitative estimate of drug-likeness (QED) is 0.389. The minimum atomic E-state index is 0.323. The predicted molar refractivity (Wildman–Crippen MR) is 101 cm³/mol. The van der Waals surface area contributed by atoms with Crippen LogP contribution in [0.2, 0.25) is 0 Å². The Bertz CT molecular complexity index is 481. The van der Waals surface area contributed by atoms with E-state index in [-0.39, 0.29) is 0 Å². The lowest BCUT2D eigenvalue weighted by Gasteiger charge is -2.26. The van der Waals surface area contributed by atoms with Crippen molar-refractivity contribution in [2.75, 3.05) is 39.3 Å². The first kappa shape index (κ1) is 18.6. The van der Waals surface area contributed by atoms with E-state index in [4.69, 9.17) is 0 Å². The van der Waals surface area contributed by atoms with Gasteiger partial charge in [0.05, 0.1) is 0 Å². The number of nitrogens with one attached hydrogen (secondary N) is 2. The molecule has 0 spiro atoms. The van der Waals surface area contributed by atoms with Gasteiger partial charge in [-0.1, -0.05) is 18.6 Å². The van der Waals surface area contributed by atoms with E-state index in [0.29, 0.717) is 5.75 Å². The Labute approximate surface area is 146 Å². The van der Waals surface area contributed by atoms with E-state index in [0.717, 1.165) is 45.0 Å². The van der Waals surface area contributed by atoms with E-state index >= 15 is 0 Å². The summed E-state index contributed by atoms with van der Waals surface area (Å²) in [5, 5.41) is 16.0. The number of likely N-dealkylation sites (tertiary alicyclic amines) is 1. The van der Waals surface area contributed by atoms with Gasteiger partial charge in [0.1, 0.15) is 5.75 Å². The first-order valence-corrected chi connectivity index (χ1v) is 9.30. The van der Waals surface area contributed by atoms with Gasteiger partial charge in [0.25, 0.3) is 0 Å². The summed E-state index contributed by atoms with van der Waals surface area (Å²) < 4.78 is 0. The van der Waals surface area contributed by atoms with Gasteiger partial charge in [0, 0.05) is 26.2 Å². The molecule has 1 heterocycles. The van der Waals surface area contributed by atoms with Crippen molar-refractivity contribution in [2.24, 2.45) is 4.99 Å². The average Bonchev–Trinajstić information content (AvgIpc) is 2.61. The number of hydrogen-bond donors (Lipinski definition) is 3. The fourth-order valence-corrected chi connectivity index (χ4v) is 2.99. The highest BCUT2D eigenvalue weighted by Gasteiger charge is 2.09. The van der Waals surface area contributed by atoms with Gasteiger partial charge in [-0.15, -0.1) is 0 Å². The maximum Gasteiger partial charge on any atom is 0.191 e. The molecule has 0 unspecified atom stereocenters. The van der Waals surface area contributed by atoms with Crippen LogP contribution in [0.25, 0.3) is 0 Å². The molecule has 0 atom stereocenters. The van der Waals surface area contributed by atoms with Crippen LogP contribution in [0.4, 0.5) is 0 Å². The van der Waals surface area contributed by atoms with Crippen molar-refractivity contribution in [2.45, 2.75) is 39.0 Å². The normalized spacial score (nSPS) is 16.1. The molecule has 134 valence electrons. The smallest absolute Gasteiger partial charge is 0.191 e. The molecule has 0 aromatic heterocycles. The van der Waals surface area contributed by atoms with Crippen molar-refractivity contribution in [3.8, 4) is 5.75 Å². The number of aryl methyl sites for hydroxylation is 1. The molecule has 1 aliphatic rings. The zero-order valence-electron chi connectivity index (χ0n) is 14.9. The molecule has 0 saturated carbocycles. The van der Waals surface area contributed by atoms with Crippen LogP contribution in [-0.4, -0.2) is 55.2 Å². The van der Waals surface area contributed by atoms with Crippen LogP contribution >= 0.6 is 0 Å². The second-order valence-corrected chi connectivity index (χ2v) is 6.36. The Hall–Kier alpha value is -1.75. The summed E-state index contributed by atoms with van der Waals surface area (Å²) in [5.74, 6) is 1.24. The Morgan fingerprint density at radius 2 is 1.88 bits per heavy atom. The molecule has 2 rings (SSSR count). The minimum absolute atomic E-state index is 0.323. The highest BCUT2D eigenvalue weighted by Crippen LogP contribution is 2.11. The maximum atomic E-state index is 9.29. The summed E-state index contributed by atoms with van der Waals surface area (Å²) in [6.45, 7) is 8.30. The number of piperidine rings is 1. The summed E-state index contributed by atoms with van der Waals surface area (Å²) >= 11 is 0. The lowest BCUT2D eigenvalue weighted by atomic mass is 10.1. The van der Waals surface area contributed by atoms with E-state index in [9.17, 15) is 5.11 Å². The van der Waals surface area contributed by atoms with Crippen molar-refractivity contribution in [1.82, 2.24) is 15.5 Å². The van der Waals surface area contributed by atoms with E-state index in [1.54, 1.807) is 12.1 Å². The number of aromatic hydroxyl groups is 1. The first-order chi connectivity index (χ1) is 11.8. The van der Waals surface area contributed by atoms with Crippen molar-refractivity contribution in [3.05, 3.63) is 29.8 Å². The number of hydrogen-bond acceptors (Lipinski definition) is 3. The monoisotopic (exact) mass is 332 g/mol. The average molecular weight is 332 g/mol. The van der Waals surface area contributed by atoms with Gasteiger partial charge in [0.15, 0.2) is 5.96 Å². The van der Waals surface area contributed by atoms with Crippen LogP contribution in [0.1, 0.15) is 38.2 Å². The van der Waals surface area contributed by atoms with Gasteiger partial charge in [-0.25, -0.2) is 0 Å². The molecule has 1 aromatic carbocycles. The first-order valence-electron chi connectivity index (χ1n) is 9.30.